The van der Waals surface area contributed by atoms with E-state index >= 15 is 0 Å². The van der Waals surface area contributed by atoms with Gasteiger partial charge < -0.3 is 45.2 Å². The molecule has 15 nitrogen and oxygen atoms in total. The van der Waals surface area contributed by atoms with Gasteiger partial charge in [0.2, 0.25) is 23.6 Å². The second-order valence-electron chi connectivity index (χ2n) is 16.3. The summed E-state index contributed by atoms with van der Waals surface area (Å²) in [5.41, 5.74) is 1.33. The summed E-state index contributed by atoms with van der Waals surface area (Å²) in [4.78, 5) is 75.7. The molecule has 3 heterocycles. The zero-order valence-corrected chi connectivity index (χ0v) is 39.5. The maximum Gasteiger partial charge on any atom is 0.311 e. The van der Waals surface area contributed by atoms with E-state index in [1.165, 1.54) is 4.57 Å². The molecule has 0 spiro atoms. The lowest BCUT2D eigenvalue weighted by Gasteiger charge is -2.22. The third-order valence-electron chi connectivity index (χ3n) is 11.6. The van der Waals surface area contributed by atoms with Gasteiger partial charge in [-0.15, -0.1) is 0 Å². The van der Waals surface area contributed by atoms with Crippen molar-refractivity contribution in [3.63, 3.8) is 0 Å². The van der Waals surface area contributed by atoms with Gasteiger partial charge in [0.15, 0.2) is 0 Å². The van der Waals surface area contributed by atoms with Gasteiger partial charge in [-0.2, -0.15) is 11.8 Å². The maximum atomic E-state index is 14.2. The maximum absolute atomic E-state index is 14.2. The minimum Gasteiger partial charge on any atom is -0.481 e. The van der Waals surface area contributed by atoms with Crippen molar-refractivity contribution in [1.29, 1.82) is 0 Å². The minimum atomic E-state index is -1.11. The number of amides is 4. The fourth-order valence-electron chi connectivity index (χ4n) is 8.31. The van der Waals surface area contributed by atoms with Gasteiger partial charge in [0.05, 0.1) is 37.9 Å². The van der Waals surface area contributed by atoms with Crippen LogP contribution in [0.1, 0.15) is 89.0 Å². The molecular weight excluding hydrogens is 898 g/mol. The number of hydrogen-bond acceptors (Lipinski definition) is 10. The van der Waals surface area contributed by atoms with Crippen molar-refractivity contribution in [3.8, 4) is 11.1 Å². The summed E-state index contributed by atoms with van der Waals surface area (Å²) in [5.74, 6) is -1.12. The summed E-state index contributed by atoms with van der Waals surface area (Å²) in [6.45, 7) is 5.61. The van der Waals surface area contributed by atoms with Crippen LogP contribution in [0.3, 0.4) is 0 Å². The number of aliphatic carboxylic acids is 1. The first-order valence-corrected chi connectivity index (χ1v) is 24.6. The summed E-state index contributed by atoms with van der Waals surface area (Å²) in [6.07, 6.45) is 6.11. The third kappa shape index (κ3) is 16.3. The molecule has 2 aromatic carbocycles. The van der Waals surface area contributed by atoms with Gasteiger partial charge in [-0.3, -0.25) is 28.8 Å². The summed E-state index contributed by atoms with van der Waals surface area (Å²) < 4.78 is 18.2. The molecule has 3 aromatic rings. The first-order valence-electron chi connectivity index (χ1n) is 22.8. The molecule has 356 valence electrons. The van der Waals surface area contributed by atoms with E-state index in [4.69, 9.17) is 37.4 Å². The van der Waals surface area contributed by atoms with Crippen LogP contribution < -0.4 is 26.8 Å². The average molecular weight is 961 g/mol. The Morgan fingerprint density at radius 1 is 0.800 bits per heavy atom. The van der Waals surface area contributed by atoms with Crippen molar-refractivity contribution < 1.29 is 43.3 Å². The van der Waals surface area contributed by atoms with E-state index in [0.29, 0.717) is 128 Å². The van der Waals surface area contributed by atoms with Gasteiger partial charge in [-0.25, -0.2) is 0 Å². The number of nitrogens with one attached hydrogen (secondary N) is 4. The molecule has 4 atom stereocenters. The molecule has 2 aliphatic heterocycles. The molecule has 5 N–H and O–H groups in total. The van der Waals surface area contributed by atoms with Gasteiger partial charge in [0, 0.05) is 115 Å². The molecule has 5 rings (SSSR count). The monoisotopic (exact) mass is 959 g/mol. The van der Waals surface area contributed by atoms with Crippen LogP contribution >= 0.6 is 35.0 Å². The second kappa shape index (κ2) is 27.4. The Morgan fingerprint density at radius 2 is 1.40 bits per heavy atom. The van der Waals surface area contributed by atoms with Crippen molar-refractivity contribution >= 4 is 75.5 Å². The largest absolute Gasteiger partial charge is 0.481 e. The molecule has 0 bridgehead atoms. The summed E-state index contributed by atoms with van der Waals surface area (Å²) in [6, 6.07) is 12.3. The van der Waals surface area contributed by atoms with Crippen molar-refractivity contribution in [1.82, 2.24) is 25.8 Å². The number of carboxylic acids is 1. The predicted octanol–water partition coefficient (Wildman–Crippen LogP) is 6.08. The molecule has 2 aliphatic rings. The van der Waals surface area contributed by atoms with Crippen LogP contribution in [0.15, 0.2) is 47.3 Å². The van der Waals surface area contributed by atoms with Crippen LogP contribution in [0.5, 0.6) is 0 Å². The predicted molar refractivity (Wildman–Crippen MR) is 254 cm³/mol. The lowest BCUT2D eigenvalue weighted by molar-refractivity contribution is -0.139. The van der Waals surface area contributed by atoms with Crippen LogP contribution in [0.2, 0.25) is 10.0 Å². The number of unbranched alkanes of at least 4 members (excludes halogenated alkanes) is 1. The summed E-state index contributed by atoms with van der Waals surface area (Å²) in [7, 11) is 0. The molecule has 0 aliphatic carbocycles. The van der Waals surface area contributed by atoms with Crippen LogP contribution in [-0.2, 0) is 44.7 Å². The highest BCUT2D eigenvalue weighted by Crippen LogP contribution is 2.41. The zero-order chi connectivity index (χ0) is 46.6. The molecule has 0 saturated carbocycles. The fourth-order valence-corrected chi connectivity index (χ4v) is 10.3. The number of aromatic nitrogens is 1. The number of pyridine rings is 1. The van der Waals surface area contributed by atoms with Crippen molar-refractivity contribution in [2.24, 2.45) is 5.92 Å². The summed E-state index contributed by atoms with van der Waals surface area (Å²) >= 11 is 14.6. The number of hydrogen-bond donors (Lipinski definition) is 5. The molecule has 18 heteroatoms. The van der Waals surface area contributed by atoms with Crippen LogP contribution in [0.25, 0.3) is 22.0 Å². The average Bonchev–Trinajstić information content (AvgIpc) is 3.84. The third-order valence-corrected chi connectivity index (χ3v) is 13.6. The highest BCUT2D eigenvalue weighted by molar-refractivity contribution is 8.00. The topological polar surface area (TPSA) is 203 Å². The van der Waals surface area contributed by atoms with Crippen LogP contribution in [0.4, 0.5) is 0 Å². The lowest BCUT2D eigenvalue weighted by atomic mass is 9.86. The molecule has 2 fully saturated rings. The smallest absolute Gasteiger partial charge is 0.311 e. The van der Waals surface area contributed by atoms with Gasteiger partial charge in [-0.1, -0.05) is 55.1 Å². The minimum absolute atomic E-state index is 0.0131. The molecule has 65 heavy (non-hydrogen) atoms. The highest BCUT2D eigenvalue weighted by atomic mass is 35.5. The molecule has 0 radical (unpaired) electrons. The Bertz CT molecular complexity index is 2120. The molecular formula is C47H63Cl2N5O10S. The standard InChI is InChI=1S/C47H63Cl2N5O10S/c1-2-7-34(47(60)61)45-44(31-10-12-32(48)13-11-31)36-28-33(49)14-15-38(36)54(46(45)59)21-20-52-42(57)17-16-41(56)51-19-6-23-63-25-27-64-26-24-62-22-5-18-50-40(55)9-4-3-8-39-35-29-43(58)53-37(35)30-65-39/h10-15,28,34-35,37,39H,2-9,16-27,29-30H2,1H3,(H,50,55)(H,51,56)(H,52,57)(H,53,58)(H,60,61)/t34-,35+,37+,39+/m0/s1. The highest BCUT2D eigenvalue weighted by Gasteiger charge is 2.42. The number of thioether (sulfide) groups is 1. The first kappa shape index (κ1) is 51.8. The van der Waals surface area contributed by atoms with Crippen molar-refractivity contribution in [2.45, 2.75) is 101 Å². The number of rotatable bonds is 30. The number of carbonyl (C=O) groups is 5. The normalized spacial score (nSPS) is 17.2. The van der Waals surface area contributed by atoms with E-state index in [2.05, 4.69) is 21.3 Å². The Hall–Kier alpha value is -4.19. The van der Waals surface area contributed by atoms with Gasteiger partial charge >= 0.3 is 5.97 Å². The molecule has 0 unspecified atom stereocenters. The van der Waals surface area contributed by atoms with E-state index in [1.54, 1.807) is 42.5 Å². The van der Waals surface area contributed by atoms with Crippen molar-refractivity contribution in [2.75, 3.05) is 65.0 Å². The van der Waals surface area contributed by atoms with E-state index < -0.39 is 17.4 Å². The Morgan fingerprint density at radius 3 is 2.03 bits per heavy atom. The quantitative estimate of drug-likeness (QED) is 0.0485. The molecule has 1 aromatic heterocycles. The Labute approximate surface area is 394 Å². The van der Waals surface area contributed by atoms with Crippen molar-refractivity contribution in [3.05, 3.63) is 68.4 Å². The number of carboxylic acid groups (broad SMARTS) is 1. The first-order chi connectivity index (χ1) is 31.5. The lowest BCUT2D eigenvalue weighted by Crippen LogP contribution is -2.34. The van der Waals surface area contributed by atoms with Gasteiger partial charge in [0.25, 0.3) is 5.56 Å². The van der Waals surface area contributed by atoms with E-state index in [9.17, 15) is 33.9 Å². The zero-order valence-electron chi connectivity index (χ0n) is 37.1. The Balaban J connectivity index is 0.884. The fraction of sp³-hybridized carbons (Fsp3) is 0.574. The number of carbonyl (C=O) groups excluding carboxylic acids is 4. The van der Waals surface area contributed by atoms with Crippen LogP contribution in [0, 0.1) is 5.92 Å². The number of fused-ring (bicyclic) bond motifs is 2. The van der Waals surface area contributed by atoms with Crippen LogP contribution in [-0.4, -0.2) is 116 Å². The number of ether oxygens (including phenoxy) is 3. The van der Waals surface area contributed by atoms with E-state index in [0.717, 1.165) is 31.4 Å². The number of benzene rings is 2. The number of halogens is 2. The van der Waals surface area contributed by atoms with Gasteiger partial charge in [-0.05, 0) is 68.0 Å². The second-order valence-corrected chi connectivity index (χ2v) is 18.5. The van der Waals surface area contributed by atoms with Gasteiger partial charge in [0.1, 0.15) is 0 Å². The van der Waals surface area contributed by atoms with E-state index in [-0.39, 0.29) is 61.5 Å². The molecule has 2 saturated heterocycles. The SMILES string of the molecule is CCC[C@H](C(=O)O)c1c(-c2ccc(Cl)cc2)c2cc(Cl)ccc2n(CCNC(=O)CCC(=O)NCCCOCCOCCOCCCNC(=O)CCCC[C@H]2SC[C@H]3NC(=O)C[C@H]32)c1=O. The van der Waals surface area contributed by atoms with E-state index in [1.807, 2.05) is 18.7 Å². The molecule has 4 amide bonds. The summed E-state index contributed by atoms with van der Waals surface area (Å²) in [5, 5.41) is 23.9. The number of nitrogens with zero attached hydrogens (tertiary/aromatic N) is 1. The Kier molecular flexibility index (Phi) is 21.9.